The number of nitrogens with one attached hydrogen (secondary N) is 1. The van der Waals surface area contributed by atoms with Crippen molar-refractivity contribution in [3.8, 4) is 17.0 Å². The number of methoxy groups -OCH3 is 1. The van der Waals surface area contributed by atoms with Gasteiger partial charge in [-0.2, -0.15) is 0 Å². The molecule has 0 radical (unpaired) electrons. The zero-order chi connectivity index (χ0) is 21.8. The lowest BCUT2D eigenvalue weighted by molar-refractivity contribution is 0.0937. The molecule has 2 aromatic carbocycles. The van der Waals surface area contributed by atoms with Crippen LogP contribution in [0.4, 0.5) is 0 Å². The number of aromatic nitrogens is 1. The molecule has 2 heterocycles. The Morgan fingerprint density at radius 3 is 2.58 bits per heavy atom. The summed E-state index contributed by atoms with van der Waals surface area (Å²) in [7, 11) is 1.66. The normalized spacial score (nSPS) is 15.1. The van der Waals surface area contributed by atoms with E-state index in [1.165, 1.54) is 12.8 Å². The van der Waals surface area contributed by atoms with E-state index in [2.05, 4.69) is 27.5 Å². The molecule has 1 saturated heterocycles. The number of rotatable bonds is 7. The zero-order valence-electron chi connectivity index (χ0n) is 17.7. The molecule has 4 rings (SSSR count). The summed E-state index contributed by atoms with van der Waals surface area (Å²) < 4.78 is 10.6. The fourth-order valence-corrected chi connectivity index (χ4v) is 4.32. The van der Waals surface area contributed by atoms with Crippen LogP contribution in [-0.2, 0) is 0 Å². The summed E-state index contributed by atoms with van der Waals surface area (Å²) in [5, 5.41) is 7.74. The van der Waals surface area contributed by atoms with E-state index in [1.54, 1.807) is 20.1 Å². The van der Waals surface area contributed by atoms with Crippen molar-refractivity contribution in [3.05, 3.63) is 70.4 Å². The van der Waals surface area contributed by atoms with Crippen LogP contribution >= 0.6 is 11.6 Å². The SMILES string of the molecule is COc1ccc(C(CNC(=O)c2c(-c3ccccc3Cl)noc2C)N2CCCC2)cc1. The van der Waals surface area contributed by atoms with Crippen molar-refractivity contribution in [1.29, 1.82) is 0 Å². The molecule has 1 fully saturated rings. The number of benzene rings is 2. The van der Waals surface area contributed by atoms with Crippen LogP contribution < -0.4 is 10.1 Å². The first-order chi connectivity index (χ1) is 15.1. The Kier molecular flexibility index (Phi) is 6.59. The molecule has 1 amide bonds. The summed E-state index contributed by atoms with van der Waals surface area (Å²) in [6, 6.07) is 15.4. The molecule has 0 spiro atoms. The lowest BCUT2D eigenvalue weighted by atomic mass is 10.0. The van der Waals surface area contributed by atoms with Crippen molar-refractivity contribution in [2.24, 2.45) is 0 Å². The number of nitrogens with zero attached hydrogens (tertiary/aromatic N) is 2. The highest BCUT2D eigenvalue weighted by Crippen LogP contribution is 2.31. The maximum absolute atomic E-state index is 13.2. The minimum atomic E-state index is -0.216. The largest absolute Gasteiger partial charge is 0.497 e. The number of aryl methyl sites for hydroxylation is 1. The maximum Gasteiger partial charge on any atom is 0.257 e. The predicted octanol–water partition coefficient (Wildman–Crippen LogP) is 4.88. The van der Waals surface area contributed by atoms with Gasteiger partial charge in [-0.05, 0) is 56.6 Å². The van der Waals surface area contributed by atoms with Gasteiger partial charge in [-0.15, -0.1) is 0 Å². The second-order valence-corrected chi connectivity index (χ2v) is 8.09. The summed E-state index contributed by atoms with van der Waals surface area (Å²) in [6.45, 7) is 4.26. The van der Waals surface area contributed by atoms with E-state index < -0.39 is 0 Å². The quantitative estimate of drug-likeness (QED) is 0.568. The van der Waals surface area contributed by atoms with Crippen molar-refractivity contribution in [3.63, 3.8) is 0 Å². The highest BCUT2D eigenvalue weighted by Gasteiger charge is 2.27. The number of halogens is 1. The molecule has 6 nitrogen and oxygen atoms in total. The van der Waals surface area contributed by atoms with Crippen molar-refractivity contribution >= 4 is 17.5 Å². The van der Waals surface area contributed by atoms with E-state index in [9.17, 15) is 4.79 Å². The minimum Gasteiger partial charge on any atom is -0.497 e. The molecule has 31 heavy (non-hydrogen) atoms. The topological polar surface area (TPSA) is 67.6 Å². The molecule has 1 atom stereocenters. The second-order valence-electron chi connectivity index (χ2n) is 7.68. The summed E-state index contributed by atoms with van der Waals surface area (Å²) in [6.07, 6.45) is 2.34. The van der Waals surface area contributed by atoms with Gasteiger partial charge in [-0.1, -0.05) is 47.1 Å². The van der Waals surface area contributed by atoms with Crippen LogP contribution in [0.15, 0.2) is 53.1 Å². The van der Waals surface area contributed by atoms with Gasteiger partial charge in [-0.25, -0.2) is 0 Å². The van der Waals surface area contributed by atoms with Crippen LogP contribution in [0.5, 0.6) is 5.75 Å². The van der Waals surface area contributed by atoms with E-state index in [4.69, 9.17) is 20.9 Å². The lowest BCUT2D eigenvalue weighted by Crippen LogP contribution is -2.37. The van der Waals surface area contributed by atoms with Crippen molar-refractivity contribution in [1.82, 2.24) is 15.4 Å². The standard InChI is InChI=1S/C24H26ClN3O3/c1-16-22(23(27-31-16)19-7-3-4-8-20(19)25)24(29)26-15-21(28-13-5-6-14-28)17-9-11-18(30-2)12-10-17/h3-4,7-12,21H,5-6,13-15H2,1-2H3,(H,26,29). The third kappa shape index (κ3) is 4.60. The minimum absolute atomic E-state index is 0.0845. The Balaban J connectivity index is 1.56. The van der Waals surface area contributed by atoms with Gasteiger partial charge in [0.2, 0.25) is 0 Å². The monoisotopic (exact) mass is 439 g/mol. The Hall–Kier alpha value is -2.83. The van der Waals surface area contributed by atoms with E-state index >= 15 is 0 Å². The molecule has 0 aliphatic carbocycles. The third-order valence-electron chi connectivity index (χ3n) is 5.76. The number of hydrogen-bond acceptors (Lipinski definition) is 5. The number of hydrogen-bond donors (Lipinski definition) is 1. The van der Waals surface area contributed by atoms with Gasteiger partial charge in [0.15, 0.2) is 0 Å². The summed E-state index contributed by atoms with van der Waals surface area (Å²) >= 11 is 6.33. The second kappa shape index (κ2) is 9.54. The van der Waals surface area contributed by atoms with E-state index in [0.717, 1.165) is 24.4 Å². The Morgan fingerprint density at radius 1 is 1.19 bits per heavy atom. The Morgan fingerprint density at radius 2 is 1.90 bits per heavy atom. The molecule has 162 valence electrons. The molecule has 1 aliphatic rings. The van der Waals surface area contributed by atoms with Crippen LogP contribution in [0, 0.1) is 6.92 Å². The molecule has 3 aromatic rings. The average Bonchev–Trinajstić information content (AvgIpc) is 3.45. The molecule has 1 aromatic heterocycles. The average molecular weight is 440 g/mol. The van der Waals surface area contributed by atoms with Gasteiger partial charge in [0.1, 0.15) is 22.8 Å². The molecule has 1 N–H and O–H groups in total. The van der Waals surface area contributed by atoms with Crippen molar-refractivity contribution < 1.29 is 14.1 Å². The molecular weight excluding hydrogens is 414 g/mol. The highest BCUT2D eigenvalue weighted by molar-refractivity contribution is 6.33. The van der Waals surface area contributed by atoms with Crippen LogP contribution in [0.1, 0.15) is 40.6 Å². The van der Waals surface area contributed by atoms with E-state index in [-0.39, 0.29) is 11.9 Å². The molecule has 7 heteroatoms. The van der Waals surface area contributed by atoms with Gasteiger partial charge < -0.3 is 14.6 Å². The Bertz CT molecular complexity index is 1040. The van der Waals surface area contributed by atoms with Crippen LogP contribution in [0.25, 0.3) is 11.3 Å². The lowest BCUT2D eigenvalue weighted by Gasteiger charge is -2.28. The molecule has 0 bridgehead atoms. The first-order valence-electron chi connectivity index (χ1n) is 10.5. The first kappa shape index (κ1) is 21.4. The highest BCUT2D eigenvalue weighted by atomic mass is 35.5. The smallest absolute Gasteiger partial charge is 0.257 e. The van der Waals surface area contributed by atoms with Gasteiger partial charge >= 0.3 is 0 Å². The van der Waals surface area contributed by atoms with Gasteiger partial charge in [0, 0.05) is 12.1 Å². The van der Waals surface area contributed by atoms with Crippen molar-refractivity contribution in [2.75, 3.05) is 26.7 Å². The molecule has 1 aliphatic heterocycles. The number of likely N-dealkylation sites (tertiary alicyclic amines) is 1. The first-order valence-corrected chi connectivity index (χ1v) is 10.8. The number of carbonyl (C=O) groups excluding carboxylic acids is 1. The molecule has 1 unspecified atom stereocenters. The van der Waals surface area contributed by atoms with Crippen LogP contribution in [0.2, 0.25) is 5.02 Å². The fraction of sp³-hybridized carbons (Fsp3) is 0.333. The van der Waals surface area contributed by atoms with Crippen molar-refractivity contribution in [2.45, 2.75) is 25.8 Å². The molecular formula is C24H26ClN3O3. The summed E-state index contributed by atoms with van der Waals surface area (Å²) in [5.74, 6) is 1.07. The summed E-state index contributed by atoms with van der Waals surface area (Å²) in [4.78, 5) is 15.6. The molecule has 0 saturated carbocycles. The van der Waals surface area contributed by atoms with Crippen LogP contribution in [0.3, 0.4) is 0 Å². The van der Waals surface area contributed by atoms with E-state index in [1.807, 2.05) is 30.3 Å². The third-order valence-corrected chi connectivity index (χ3v) is 6.09. The van der Waals surface area contributed by atoms with Gasteiger partial charge in [0.25, 0.3) is 5.91 Å². The summed E-state index contributed by atoms with van der Waals surface area (Å²) in [5.41, 5.74) is 2.71. The fourth-order valence-electron chi connectivity index (χ4n) is 4.09. The number of carbonyl (C=O) groups is 1. The zero-order valence-corrected chi connectivity index (χ0v) is 18.5. The van der Waals surface area contributed by atoms with Crippen LogP contribution in [-0.4, -0.2) is 42.7 Å². The number of ether oxygens (including phenoxy) is 1. The maximum atomic E-state index is 13.2. The number of amides is 1. The van der Waals surface area contributed by atoms with E-state index in [0.29, 0.717) is 34.1 Å². The van der Waals surface area contributed by atoms with Gasteiger partial charge in [0.05, 0.1) is 18.2 Å². The predicted molar refractivity (Wildman–Crippen MR) is 121 cm³/mol. The Labute approximate surface area is 187 Å². The van der Waals surface area contributed by atoms with Gasteiger partial charge in [-0.3, -0.25) is 9.69 Å².